The molecule has 0 fully saturated rings. The quantitative estimate of drug-likeness (QED) is 0.822. The van der Waals surface area contributed by atoms with Crippen molar-refractivity contribution in [3.05, 3.63) is 53.7 Å². The number of oxazole rings is 1. The van der Waals surface area contributed by atoms with Crippen molar-refractivity contribution in [1.82, 2.24) is 10.3 Å². The van der Waals surface area contributed by atoms with Crippen LogP contribution in [0.1, 0.15) is 55.2 Å². The molecule has 0 spiro atoms. The maximum Gasteiger partial charge on any atom is 0.273 e. The second-order valence-corrected chi connectivity index (χ2v) is 6.24. The van der Waals surface area contributed by atoms with Crippen LogP contribution in [0.25, 0.3) is 0 Å². The van der Waals surface area contributed by atoms with Crippen LogP contribution in [0.15, 0.2) is 41.0 Å². The zero-order chi connectivity index (χ0) is 16.8. The maximum absolute atomic E-state index is 12.2. The molecule has 2 unspecified atom stereocenters. The molecule has 2 aromatic rings. The average Bonchev–Trinajstić information content (AvgIpc) is 3.03. The fourth-order valence-electron chi connectivity index (χ4n) is 2.23. The van der Waals surface area contributed by atoms with Gasteiger partial charge in [0, 0.05) is 6.04 Å². The summed E-state index contributed by atoms with van der Waals surface area (Å²) in [7, 11) is 0. The van der Waals surface area contributed by atoms with E-state index in [0.29, 0.717) is 5.89 Å². The highest BCUT2D eigenvalue weighted by Gasteiger charge is 2.20. The highest BCUT2D eigenvalue weighted by atomic mass is 16.3. The van der Waals surface area contributed by atoms with Gasteiger partial charge in [0.05, 0.1) is 6.04 Å². The molecule has 1 heterocycles. The number of nitrogens with one attached hydrogen (secondary N) is 1. The minimum atomic E-state index is -0.299. The molecule has 3 N–H and O–H groups in total. The van der Waals surface area contributed by atoms with Gasteiger partial charge in [0.2, 0.25) is 5.89 Å². The first kappa shape index (κ1) is 17.2. The van der Waals surface area contributed by atoms with Gasteiger partial charge in [0.25, 0.3) is 5.91 Å². The zero-order valence-electron chi connectivity index (χ0n) is 14.0. The van der Waals surface area contributed by atoms with Crippen LogP contribution in [0.2, 0.25) is 0 Å². The number of amides is 1. The summed E-state index contributed by atoms with van der Waals surface area (Å²) in [5.74, 6) is 0.382. The van der Waals surface area contributed by atoms with Gasteiger partial charge < -0.3 is 15.5 Å². The van der Waals surface area contributed by atoms with Crippen molar-refractivity contribution < 1.29 is 9.21 Å². The fraction of sp³-hybridized carbons (Fsp3) is 0.444. The number of carbonyl (C=O) groups is 1. The third kappa shape index (κ3) is 4.93. The van der Waals surface area contributed by atoms with Crippen LogP contribution in [0, 0.1) is 5.92 Å². The number of carbonyl (C=O) groups excluding carboxylic acids is 1. The molecule has 0 saturated heterocycles. The highest BCUT2D eigenvalue weighted by molar-refractivity contribution is 5.92. The Balaban J connectivity index is 1.86. The van der Waals surface area contributed by atoms with E-state index in [1.165, 1.54) is 11.8 Å². The number of nitrogens with two attached hydrogens (primary N) is 1. The SMILES string of the molecule is CC(CCc1ccccc1)NC(=O)c1coc(C(N)C(C)C)n1. The number of nitrogens with zero attached hydrogens (tertiary/aromatic N) is 1. The second kappa shape index (κ2) is 7.92. The molecule has 124 valence electrons. The van der Waals surface area contributed by atoms with Gasteiger partial charge in [-0.15, -0.1) is 0 Å². The fourth-order valence-corrected chi connectivity index (χ4v) is 2.23. The van der Waals surface area contributed by atoms with Crippen LogP contribution in [-0.4, -0.2) is 16.9 Å². The van der Waals surface area contributed by atoms with Crippen LogP contribution < -0.4 is 11.1 Å². The molecule has 1 amide bonds. The smallest absolute Gasteiger partial charge is 0.273 e. The lowest BCUT2D eigenvalue weighted by molar-refractivity contribution is 0.0933. The third-order valence-electron chi connectivity index (χ3n) is 3.84. The van der Waals surface area contributed by atoms with Gasteiger partial charge in [-0.3, -0.25) is 4.79 Å². The highest BCUT2D eigenvalue weighted by Crippen LogP contribution is 2.18. The minimum absolute atomic E-state index is 0.0571. The number of aryl methyl sites for hydroxylation is 1. The summed E-state index contributed by atoms with van der Waals surface area (Å²) in [6.45, 7) is 5.96. The largest absolute Gasteiger partial charge is 0.446 e. The van der Waals surface area contributed by atoms with E-state index in [1.807, 2.05) is 39.0 Å². The Morgan fingerprint density at radius 1 is 1.26 bits per heavy atom. The first-order chi connectivity index (χ1) is 11.0. The molecular formula is C18H25N3O2. The van der Waals surface area contributed by atoms with E-state index >= 15 is 0 Å². The molecule has 1 aromatic heterocycles. The summed E-state index contributed by atoms with van der Waals surface area (Å²) in [5, 5.41) is 2.95. The first-order valence-electron chi connectivity index (χ1n) is 8.03. The summed E-state index contributed by atoms with van der Waals surface area (Å²) in [6.07, 6.45) is 3.16. The monoisotopic (exact) mass is 315 g/mol. The van der Waals surface area contributed by atoms with Gasteiger partial charge in [-0.05, 0) is 31.2 Å². The molecule has 5 heteroatoms. The van der Waals surface area contributed by atoms with Crippen molar-refractivity contribution in [3.8, 4) is 0 Å². The summed E-state index contributed by atoms with van der Waals surface area (Å²) in [5.41, 5.74) is 7.52. The van der Waals surface area contributed by atoms with Gasteiger partial charge in [-0.1, -0.05) is 44.2 Å². The lowest BCUT2D eigenvalue weighted by Crippen LogP contribution is -2.33. The van der Waals surface area contributed by atoms with Gasteiger partial charge in [-0.25, -0.2) is 4.98 Å². The number of benzene rings is 1. The van der Waals surface area contributed by atoms with Crippen LogP contribution in [0.4, 0.5) is 0 Å². The van der Waals surface area contributed by atoms with Crippen molar-refractivity contribution in [2.24, 2.45) is 11.7 Å². The van der Waals surface area contributed by atoms with Gasteiger partial charge in [-0.2, -0.15) is 0 Å². The Morgan fingerprint density at radius 3 is 2.61 bits per heavy atom. The van der Waals surface area contributed by atoms with Crippen LogP contribution in [0.5, 0.6) is 0 Å². The Bertz CT molecular complexity index is 622. The average molecular weight is 315 g/mol. The van der Waals surface area contributed by atoms with Gasteiger partial charge >= 0.3 is 0 Å². The van der Waals surface area contributed by atoms with Crippen LogP contribution >= 0.6 is 0 Å². The lowest BCUT2D eigenvalue weighted by atomic mass is 10.1. The van der Waals surface area contributed by atoms with Crippen molar-refractivity contribution >= 4 is 5.91 Å². The third-order valence-corrected chi connectivity index (χ3v) is 3.84. The van der Waals surface area contributed by atoms with E-state index in [9.17, 15) is 4.79 Å². The topological polar surface area (TPSA) is 81.2 Å². The number of rotatable bonds is 7. The summed E-state index contributed by atoms with van der Waals surface area (Å²) >= 11 is 0. The molecule has 1 aromatic carbocycles. The Hall–Kier alpha value is -2.14. The van der Waals surface area contributed by atoms with Gasteiger partial charge in [0.15, 0.2) is 5.69 Å². The van der Waals surface area contributed by atoms with Crippen LogP contribution in [0.3, 0.4) is 0 Å². The van der Waals surface area contributed by atoms with E-state index < -0.39 is 0 Å². The summed E-state index contributed by atoms with van der Waals surface area (Å²) < 4.78 is 5.32. The molecule has 0 aliphatic heterocycles. The predicted molar refractivity (Wildman–Crippen MR) is 90.0 cm³/mol. The van der Waals surface area contributed by atoms with E-state index in [0.717, 1.165) is 12.8 Å². The maximum atomic E-state index is 12.2. The Morgan fingerprint density at radius 2 is 1.96 bits per heavy atom. The second-order valence-electron chi connectivity index (χ2n) is 6.24. The summed E-state index contributed by atoms with van der Waals surface area (Å²) in [4.78, 5) is 16.4. The Kier molecular flexibility index (Phi) is 5.93. The molecule has 2 rings (SSSR count). The van der Waals surface area contributed by atoms with Crippen molar-refractivity contribution in [2.75, 3.05) is 0 Å². The minimum Gasteiger partial charge on any atom is -0.446 e. The number of aromatic nitrogens is 1. The molecule has 23 heavy (non-hydrogen) atoms. The van der Waals surface area contributed by atoms with E-state index in [1.54, 1.807) is 0 Å². The van der Waals surface area contributed by atoms with Crippen molar-refractivity contribution in [3.63, 3.8) is 0 Å². The number of hydrogen-bond donors (Lipinski definition) is 2. The molecule has 0 aliphatic rings. The van der Waals surface area contributed by atoms with Crippen molar-refractivity contribution in [2.45, 2.75) is 45.7 Å². The summed E-state index contributed by atoms with van der Waals surface area (Å²) in [6, 6.07) is 9.98. The zero-order valence-corrected chi connectivity index (χ0v) is 14.0. The van der Waals surface area contributed by atoms with Crippen molar-refractivity contribution in [1.29, 1.82) is 0 Å². The molecule has 0 aliphatic carbocycles. The first-order valence-corrected chi connectivity index (χ1v) is 8.03. The molecule has 0 bridgehead atoms. The normalized spacial score (nSPS) is 13.8. The van der Waals surface area contributed by atoms with E-state index in [-0.39, 0.29) is 29.6 Å². The molecular weight excluding hydrogens is 290 g/mol. The molecule has 2 atom stereocenters. The molecule has 0 saturated carbocycles. The van der Waals surface area contributed by atoms with Crippen LogP contribution in [-0.2, 0) is 6.42 Å². The lowest BCUT2D eigenvalue weighted by Gasteiger charge is -2.13. The molecule has 5 nitrogen and oxygen atoms in total. The standard InChI is InChI=1S/C18H25N3O2/c1-12(2)16(19)18-21-15(11-23-18)17(22)20-13(3)9-10-14-7-5-4-6-8-14/h4-8,11-13,16H,9-10,19H2,1-3H3,(H,20,22). The molecule has 0 radical (unpaired) electrons. The predicted octanol–water partition coefficient (Wildman–Crippen LogP) is 3.08. The van der Waals surface area contributed by atoms with E-state index in [2.05, 4.69) is 22.4 Å². The van der Waals surface area contributed by atoms with E-state index in [4.69, 9.17) is 10.2 Å². The Labute approximate surface area is 137 Å². The van der Waals surface area contributed by atoms with Gasteiger partial charge in [0.1, 0.15) is 6.26 Å². The number of hydrogen-bond acceptors (Lipinski definition) is 4.